The summed E-state index contributed by atoms with van der Waals surface area (Å²) in [7, 11) is 1.10. The van der Waals surface area contributed by atoms with Gasteiger partial charge in [0.05, 0.1) is 31.4 Å². The minimum atomic E-state index is -4.50. The number of benzene rings is 1. The van der Waals surface area contributed by atoms with Gasteiger partial charge in [0.15, 0.2) is 0 Å². The molecule has 0 aromatic heterocycles. The number of halogens is 4. The Hall–Kier alpha value is -2.86. The van der Waals surface area contributed by atoms with Crippen molar-refractivity contribution >= 4 is 17.6 Å². The highest BCUT2D eigenvalue weighted by Crippen LogP contribution is 2.47. The molecular formula is C16H14F4N2O6. The number of rotatable bonds is 5. The van der Waals surface area contributed by atoms with Gasteiger partial charge in [0.2, 0.25) is 0 Å². The summed E-state index contributed by atoms with van der Waals surface area (Å²) in [5, 5.41) is 11.5. The first-order valence-corrected chi connectivity index (χ1v) is 7.86. The molecule has 2 heterocycles. The normalized spacial score (nSPS) is 19.9. The largest absolute Gasteiger partial charge is 0.540 e. The second-order valence-corrected chi connectivity index (χ2v) is 5.82. The lowest BCUT2D eigenvalue weighted by atomic mass is 10.1. The Bertz CT molecular complexity index is 858. The molecule has 0 spiro atoms. The molecule has 0 fully saturated rings. The zero-order valence-electron chi connectivity index (χ0n) is 14.3. The van der Waals surface area contributed by atoms with Crippen molar-refractivity contribution in [2.45, 2.75) is 12.4 Å². The van der Waals surface area contributed by atoms with Gasteiger partial charge >= 0.3 is 18.4 Å². The number of hydrogen-bond donors (Lipinski definition) is 2. The maximum absolute atomic E-state index is 13.9. The van der Waals surface area contributed by atoms with Crippen molar-refractivity contribution in [1.29, 1.82) is 0 Å². The lowest BCUT2D eigenvalue weighted by molar-refractivity contribution is -0.461. The molecule has 0 aliphatic carbocycles. The molecule has 0 atom stereocenters. The van der Waals surface area contributed by atoms with Crippen LogP contribution >= 0.6 is 0 Å². The van der Waals surface area contributed by atoms with Gasteiger partial charge in [0.1, 0.15) is 11.4 Å². The van der Waals surface area contributed by atoms with Crippen LogP contribution in [0.2, 0.25) is 0 Å². The number of β-amino-alcohol motifs (C(OH)–C–C–N with tert-alkyl or cyclic N) is 1. The molecule has 0 saturated heterocycles. The van der Waals surface area contributed by atoms with E-state index >= 15 is 0 Å². The van der Waals surface area contributed by atoms with E-state index in [9.17, 15) is 27.2 Å². The van der Waals surface area contributed by atoms with E-state index < -0.39 is 35.6 Å². The predicted molar refractivity (Wildman–Crippen MR) is 83.3 cm³/mol. The minimum Gasteiger partial charge on any atom is -0.466 e. The van der Waals surface area contributed by atoms with Crippen LogP contribution in [0.4, 0.5) is 23.2 Å². The second kappa shape index (κ2) is 6.95. The van der Waals surface area contributed by atoms with Crippen LogP contribution in [0.1, 0.15) is 5.56 Å². The number of aliphatic hydroxyl groups excluding tert-OH is 1. The molecule has 28 heavy (non-hydrogen) atoms. The summed E-state index contributed by atoms with van der Waals surface area (Å²) >= 11 is 0. The van der Waals surface area contributed by atoms with E-state index in [1.165, 1.54) is 0 Å². The van der Waals surface area contributed by atoms with E-state index in [1.807, 2.05) is 0 Å². The average molecular weight is 406 g/mol. The molecule has 2 aliphatic heterocycles. The summed E-state index contributed by atoms with van der Waals surface area (Å²) in [6.45, 7) is -0.584. The van der Waals surface area contributed by atoms with Gasteiger partial charge < -0.3 is 24.8 Å². The molecule has 12 heteroatoms. The van der Waals surface area contributed by atoms with Crippen LogP contribution in [-0.2, 0) is 25.2 Å². The van der Waals surface area contributed by atoms with E-state index in [2.05, 4.69) is 19.5 Å². The third-order valence-electron chi connectivity index (χ3n) is 3.99. The first-order chi connectivity index (χ1) is 13.1. The number of methoxy groups -OCH3 is 1. The summed E-state index contributed by atoms with van der Waals surface area (Å²) in [5.74, 6) is -2.29. The zero-order chi connectivity index (χ0) is 20.7. The molecule has 2 N–H and O–H groups in total. The number of hydrogen-bond acceptors (Lipinski definition) is 7. The number of carbonyl (C=O) groups is 2. The Kier molecular flexibility index (Phi) is 4.93. The molecular weight excluding hydrogens is 392 g/mol. The molecule has 0 unspecified atom stereocenters. The Morgan fingerprint density at radius 2 is 2.07 bits per heavy atom. The number of amides is 1. The minimum absolute atomic E-state index is 0.0659. The van der Waals surface area contributed by atoms with Gasteiger partial charge in [-0.3, -0.25) is 4.79 Å². The van der Waals surface area contributed by atoms with E-state index in [0.717, 1.165) is 30.2 Å². The van der Waals surface area contributed by atoms with Gasteiger partial charge in [-0.25, -0.2) is 9.53 Å². The first-order valence-electron chi connectivity index (χ1n) is 7.86. The number of carbonyl (C=O) groups excluding carboxylic acids is 2. The Labute approximate surface area is 155 Å². The molecule has 2 aliphatic rings. The highest BCUT2D eigenvalue weighted by Gasteiger charge is 2.54. The van der Waals surface area contributed by atoms with Crippen molar-refractivity contribution in [3.05, 3.63) is 35.0 Å². The van der Waals surface area contributed by atoms with E-state index in [0.29, 0.717) is 0 Å². The first kappa shape index (κ1) is 19.9. The molecule has 0 saturated carbocycles. The van der Waals surface area contributed by atoms with Crippen LogP contribution < -0.4 is 10.1 Å². The van der Waals surface area contributed by atoms with Gasteiger partial charge in [-0.2, -0.15) is 8.78 Å². The van der Waals surface area contributed by atoms with E-state index in [1.54, 1.807) is 0 Å². The number of alkyl halides is 4. The number of aliphatic hydroxyl groups is 1. The number of esters is 1. The van der Waals surface area contributed by atoms with Gasteiger partial charge in [0, 0.05) is 12.2 Å². The molecule has 1 amide bonds. The van der Waals surface area contributed by atoms with E-state index in [-0.39, 0.29) is 36.7 Å². The van der Waals surface area contributed by atoms with Crippen LogP contribution in [0, 0.1) is 0 Å². The number of anilines is 1. The fraction of sp³-hybridized carbons (Fsp3) is 0.375. The lowest BCUT2D eigenvalue weighted by Gasteiger charge is -2.30. The maximum atomic E-state index is 13.9. The summed E-state index contributed by atoms with van der Waals surface area (Å²) < 4.78 is 66.0. The molecule has 1 aromatic rings. The number of fused-ring (bicyclic) bond motifs is 1. The van der Waals surface area contributed by atoms with Gasteiger partial charge in [0.25, 0.3) is 5.91 Å². The highest BCUT2D eigenvalue weighted by atomic mass is 19.3. The topological polar surface area (TPSA) is 97.3 Å². The third kappa shape index (κ3) is 3.60. The van der Waals surface area contributed by atoms with Gasteiger partial charge in [-0.15, -0.1) is 8.78 Å². The Balaban J connectivity index is 1.95. The lowest BCUT2D eigenvalue weighted by Crippen LogP contribution is -2.41. The van der Waals surface area contributed by atoms with Gasteiger partial charge in [-0.05, 0) is 18.2 Å². The average Bonchev–Trinajstić information content (AvgIpc) is 2.90. The molecule has 0 radical (unpaired) electrons. The summed E-state index contributed by atoms with van der Waals surface area (Å²) in [4.78, 5) is 25.5. The molecule has 1 aromatic carbocycles. The zero-order valence-corrected chi connectivity index (χ0v) is 14.3. The van der Waals surface area contributed by atoms with Crippen molar-refractivity contribution in [2.24, 2.45) is 0 Å². The molecule has 152 valence electrons. The van der Waals surface area contributed by atoms with Crippen LogP contribution in [0.5, 0.6) is 5.75 Å². The van der Waals surface area contributed by atoms with Crippen molar-refractivity contribution in [1.82, 2.24) is 4.90 Å². The quantitative estimate of drug-likeness (QED) is 0.563. The van der Waals surface area contributed by atoms with Crippen LogP contribution in [-0.4, -0.2) is 55.0 Å². The van der Waals surface area contributed by atoms with Gasteiger partial charge in [-0.1, -0.05) is 0 Å². The summed E-state index contributed by atoms with van der Waals surface area (Å²) in [6, 6.07) is 2.72. The monoisotopic (exact) mass is 406 g/mol. The second-order valence-electron chi connectivity index (χ2n) is 5.82. The van der Waals surface area contributed by atoms with Crippen molar-refractivity contribution in [3.63, 3.8) is 0 Å². The summed E-state index contributed by atoms with van der Waals surface area (Å²) in [5.41, 5.74) is -1.41. The highest BCUT2D eigenvalue weighted by molar-refractivity contribution is 6.08. The van der Waals surface area contributed by atoms with Crippen molar-refractivity contribution in [2.75, 3.05) is 32.1 Å². The Morgan fingerprint density at radius 3 is 2.71 bits per heavy atom. The molecule has 0 bridgehead atoms. The summed E-state index contributed by atoms with van der Waals surface area (Å²) in [6.07, 6.45) is -8.85. The predicted octanol–water partition coefficient (Wildman–Crippen LogP) is 1.37. The maximum Gasteiger partial charge on any atom is 0.540 e. The van der Waals surface area contributed by atoms with Crippen LogP contribution in [0.15, 0.2) is 29.5 Å². The number of nitrogens with zero attached hydrogens (tertiary/aromatic N) is 1. The number of nitrogens with one attached hydrogen (secondary N) is 1. The fourth-order valence-electron chi connectivity index (χ4n) is 2.77. The van der Waals surface area contributed by atoms with Crippen molar-refractivity contribution in [3.8, 4) is 5.75 Å². The standard InChI is InChI=1S/C16H14F4N2O6/c1-26-14(25)9-7-22(4-5-23)13(24)12(9)21-8-2-3-11-10(6-8)15(17,18)28-16(19,20)27-11/h2-3,6,21,23H,4-5,7H2,1H3. The van der Waals surface area contributed by atoms with Crippen LogP contribution in [0.25, 0.3) is 0 Å². The van der Waals surface area contributed by atoms with E-state index in [4.69, 9.17) is 5.11 Å². The number of ether oxygens (including phenoxy) is 3. The molecule has 3 rings (SSSR count). The Morgan fingerprint density at radius 1 is 1.36 bits per heavy atom. The van der Waals surface area contributed by atoms with Crippen LogP contribution in [0.3, 0.4) is 0 Å². The SMILES string of the molecule is COC(=O)C1=C(Nc2ccc3c(c2)C(F)(F)OC(F)(F)O3)C(=O)N(CCO)C1. The van der Waals surface area contributed by atoms with Crippen molar-refractivity contribution < 1.29 is 46.5 Å². The molecule has 8 nitrogen and oxygen atoms in total. The third-order valence-corrected chi connectivity index (χ3v) is 3.99. The smallest absolute Gasteiger partial charge is 0.466 e. The fourth-order valence-corrected chi connectivity index (χ4v) is 2.77.